The molecule has 8 heteroatoms. The van der Waals surface area contributed by atoms with Crippen LogP contribution in [0.5, 0.6) is 5.75 Å². The summed E-state index contributed by atoms with van der Waals surface area (Å²) in [6.45, 7) is 4.83. The average molecular weight is 334 g/mol. The number of halogens is 3. The number of nitrogens with zero attached hydrogens (tertiary/aromatic N) is 1. The predicted octanol–water partition coefficient (Wildman–Crippen LogP) is 3.25. The summed E-state index contributed by atoms with van der Waals surface area (Å²) in [7, 11) is 1.17. The van der Waals surface area contributed by atoms with E-state index in [2.05, 4.69) is 5.32 Å². The lowest BCUT2D eigenvalue weighted by Gasteiger charge is -2.23. The van der Waals surface area contributed by atoms with Gasteiger partial charge in [0.15, 0.2) is 6.10 Å². The van der Waals surface area contributed by atoms with Crippen LogP contribution in [0, 0.1) is 0 Å². The van der Waals surface area contributed by atoms with Gasteiger partial charge in [-0.25, -0.2) is 4.79 Å². The summed E-state index contributed by atoms with van der Waals surface area (Å²) in [5.41, 5.74) is 0.0447. The summed E-state index contributed by atoms with van der Waals surface area (Å²) >= 11 is 0. The van der Waals surface area contributed by atoms with Gasteiger partial charge in [0.25, 0.3) is 0 Å². The number of benzene rings is 1. The van der Waals surface area contributed by atoms with Crippen LogP contribution >= 0.6 is 0 Å². The molecule has 2 amide bonds. The van der Waals surface area contributed by atoms with E-state index in [4.69, 9.17) is 9.84 Å². The third-order valence-electron chi connectivity index (χ3n) is 2.70. The highest BCUT2D eigenvalue weighted by Gasteiger charge is 2.39. The minimum absolute atomic E-state index is 0.362. The molecule has 0 aromatic heterocycles. The maximum Gasteiger partial charge on any atom is 0.416 e. The van der Waals surface area contributed by atoms with Gasteiger partial charge in [0.2, 0.25) is 0 Å². The molecule has 0 aliphatic heterocycles. The molecule has 1 rings (SSSR count). The van der Waals surface area contributed by atoms with Crippen molar-refractivity contribution in [2.24, 2.45) is 0 Å². The molecule has 0 bridgehead atoms. The van der Waals surface area contributed by atoms with Crippen LogP contribution in [-0.4, -0.2) is 47.5 Å². The Bertz CT molecular complexity index is 524. The molecule has 0 aliphatic rings. The van der Waals surface area contributed by atoms with Crippen molar-refractivity contribution in [2.75, 3.05) is 18.9 Å². The van der Waals surface area contributed by atoms with Crippen LogP contribution in [-0.2, 0) is 0 Å². The Labute approximate surface area is 133 Å². The van der Waals surface area contributed by atoms with Crippen LogP contribution in [0.2, 0.25) is 0 Å². The van der Waals surface area contributed by atoms with Gasteiger partial charge in [-0.1, -0.05) is 0 Å². The number of urea groups is 1. The monoisotopic (exact) mass is 334 g/mol. The fourth-order valence-corrected chi connectivity index (χ4v) is 1.62. The highest BCUT2D eigenvalue weighted by Crippen LogP contribution is 2.22. The Morgan fingerprint density at radius 3 is 2.22 bits per heavy atom. The molecule has 1 atom stereocenters. The third kappa shape index (κ3) is 6.77. The second-order valence-corrected chi connectivity index (χ2v) is 6.11. The summed E-state index contributed by atoms with van der Waals surface area (Å²) in [4.78, 5) is 12.6. The first-order valence-electron chi connectivity index (χ1n) is 6.94. The lowest BCUT2D eigenvalue weighted by molar-refractivity contribution is -0.205. The zero-order valence-electron chi connectivity index (χ0n) is 13.4. The minimum Gasteiger partial charge on any atom is -0.488 e. The number of amides is 2. The number of carbonyl (C=O) groups is 1. The maximum absolute atomic E-state index is 12.3. The van der Waals surface area contributed by atoms with Crippen molar-refractivity contribution >= 4 is 11.7 Å². The van der Waals surface area contributed by atoms with Gasteiger partial charge < -0.3 is 20.1 Å². The molecule has 0 spiro atoms. The van der Waals surface area contributed by atoms with Gasteiger partial charge in [0.05, 0.1) is 6.54 Å². The Hall–Kier alpha value is -1.96. The van der Waals surface area contributed by atoms with Gasteiger partial charge in [-0.2, -0.15) is 13.2 Å². The summed E-state index contributed by atoms with van der Waals surface area (Å²) < 4.78 is 42.4. The molecule has 23 heavy (non-hydrogen) atoms. The van der Waals surface area contributed by atoms with E-state index >= 15 is 0 Å². The quantitative estimate of drug-likeness (QED) is 0.888. The molecule has 2 N–H and O–H groups in total. The molecule has 1 unspecified atom stereocenters. The lowest BCUT2D eigenvalue weighted by Crippen LogP contribution is -2.43. The zero-order valence-corrected chi connectivity index (χ0v) is 13.4. The van der Waals surface area contributed by atoms with Crippen LogP contribution < -0.4 is 10.1 Å². The molecule has 0 fully saturated rings. The van der Waals surface area contributed by atoms with E-state index in [9.17, 15) is 18.0 Å². The fourth-order valence-electron chi connectivity index (χ4n) is 1.62. The molecular weight excluding hydrogens is 313 g/mol. The Kier molecular flexibility index (Phi) is 5.87. The molecule has 0 saturated heterocycles. The van der Waals surface area contributed by atoms with Crippen molar-refractivity contribution < 1.29 is 27.8 Å². The predicted molar refractivity (Wildman–Crippen MR) is 80.5 cm³/mol. The number of aliphatic hydroxyl groups excluding tert-OH is 1. The summed E-state index contributed by atoms with van der Waals surface area (Å²) in [5.74, 6) is 0.608. The van der Waals surface area contributed by atoms with Crippen molar-refractivity contribution in [1.29, 1.82) is 0 Å². The molecule has 0 heterocycles. The smallest absolute Gasteiger partial charge is 0.416 e. The molecule has 0 aliphatic carbocycles. The van der Waals surface area contributed by atoms with E-state index < -0.39 is 24.9 Å². The number of ether oxygens (including phenoxy) is 1. The highest BCUT2D eigenvalue weighted by atomic mass is 19.4. The number of hydrogen-bond donors (Lipinski definition) is 2. The Morgan fingerprint density at radius 2 is 1.78 bits per heavy atom. The SMILES string of the molecule is CN(CC(O)C(F)(F)F)C(=O)Nc1ccc(OC(C)(C)C)cc1. The van der Waals surface area contributed by atoms with E-state index in [1.807, 2.05) is 20.8 Å². The first kappa shape index (κ1) is 19.1. The van der Waals surface area contributed by atoms with Crippen LogP contribution in [0.4, 0.5) is 23.7 Å². The van der Waals surface area contributed by atoms with E-state index in [0.717, 1.165) is 4.90 Å². The number of carbonyl (C=O) groups excluding carboxylic acids is 1. The van der Waals surface area contributed by atoms with Crippen LogP contribution in [0.1, 0.15) is 20.8 Å². The van der Waals surface area contributed by atoms with Crippen LogP contribution in [0.15, 0.2) is 24.3 Å². The van der Waals surface area contributed by atoms with Crippen molar-refractivity contribution in [2.45, 2.75) is 38.7 Å². The Balaban J connectivity index is 2.60. The molecule has 0 saturated carbocycles. The topological polar surface area (TPSA) is 61.8 Å². The highest BCUT2D eigenvalue weighted by molar-refractivity contribution is 5.89. The minimum atomic E-state index is -4.76. The van der Waals surface area contributed by atoms with Crippen molar-refractivity contribution in [3.8, 4) is 5.75 Å². The molecule has 5 nitrogen and oxygen atoms in total. The second-order valence-electron chi connectivity index (χ2n) is 6.11. The number of likely N-dealkylation sites (N-methyl/N-ethyl adjacent to an activating group) is 1. The summed E-state index contributed by atoms with van der Waals surface area (Å²) in [6.07, 6.45) is -7.35. The number of alkyl halides is 3. The maximum atomic E-state index is 12.3. The van der Waals surface area contributed by atoms with Crippen LogP contribution in [0.3, 0.4) is 0 Å². The van der Waals surface area contributed by atoms with E-state index in [0.29, 0.717) is 11.4 Å². The van der Waals surface area contributed by atoms with Gasteiger partial charge in [-0.15, -0.1) is 0 Å². The van der Waals surface area contributed by atoms with Gasteiger partial charge in [-0.3, -0.25) is 0 Å². The second kappa shape index (κ2) is 7.08. The van der Waals surface area contributed by atoms with Crippen molar-refractivity contribution in [3.63, 3.8) is 0 Å². The number of nitrogens with one attached hydrogen (secondary N) is 1. The van der Waals surface area contributed by atoms with Gasteiger partial charge in [0.1, 0.15) is 11.4 Å². The largest absolute Gasteiger partial charge is 0.488 e. The number of anilines is 1. The van der Waals surface area contributed by atoms with Gasteiger partial charge in [-0.05, 0) is 45.0 Å². The first-order valence-corrected chi connectivity index (χ1v) is 6.94. The van der Waals surface area contributed by atoms with Gasteiger partial charge >= 0.3 is 12.2 Å². The van der Waals surface area contributed by atoms with Crippen molar-refractivity contribution in [1.82, 2.24) is 4.90 Å². The zero-order chi connectivity index (χ0) is 17.8. The first-order chi connectivity index (χ1) is 10.4. The number of aliphatic hydroxyl groups is 1. The summed E-state index contributed by atoms with van der Waals surface area (Å²) in [5, 5.41) is 11.4. The van der Waals surface area contributed by atoms with Crippen LogP contribution in [0.25, 0.3) is 0 Å². The third-order valence-corrected chi connectivity index (χ3v) is 2.70. The number of hydrogen-bond acceptors (Lipinski definition) is 3. The summed E-state index contributed by atoms with van der Waals surface area (Å²) in [6, 6.07) is 5.69. The fraction of sp³-hybridized carbons (Fsp3) is 0.533. The molecule has 130 valence electrons. The van der Waals surface area contributed by atoms with E-state index in [1.54, 1.807) is 24.3 Å². The normalized spacial score (nSPS) is 13.4. The van der Waals surface area contributed by atoms with E-state index in [1.165, 1.54) is 7.05 Å². The molecule has 1 aromatic carbocycles. The molecular formula is C15H21F3N2O3. The van der Waals surface area contributed by atoms with Crippen molar-refractivity contribution in [3.05, 3.63) is 24.3 Å². The Morgan fingerprint density at radius 1 is 1.26 bits per heavy atom. The van der Waals surface area contributed by atoms with E-state index in [-0.39, 0.29) is 5.60 Å². The number of rotatable bonds is 4. The molecule has 0 radical (unpaired) electrons. The average Bonchev–Trinajstić information content (AvgIpc) is 2.38. The molecule has 1 aromatic rings. The van der Waals surface area contributed by atoms with Gasteiger partial charge in [0, 0.05) is 12.7 Å². The lowest BCUT2D eigenvalue weighted by atomic mass is 10.2. The standard InChI is InChI=1S/C15H21F3N2O3/c1-14(2,3)23-11-7-5-10(6-8-11)19-13(22)20(4)9-12(21)15(16,17)18/h5-8,12,21H,9H2,1-4H3,(H,19,22).